The maximum absolute atomic E-state index is 13.1. The molecule has 1 N–H and O–H groups in total. The summed E-state index contributed by atoms with van der Waals surface area (Å²) in [4.78, 5) is 26.2. The Kier molecular flexibility index (Phi) is 6.24. The van der Waals surface area contributed by atoms with Crippen molar-refractivity contribution < 1.29 is 24.2 Å². The number of carboxylic acid groups (broad SMARTS) is 1. The molecule has 4 rings (SSSR count). The molecule has 1 amide bonds. The number of carbonyl (C=O) groups excluding carboxylic acids is 1. The van der Waals surface area contributed by atoms with Gasteiger partial charge in [0, 0.05) is 12.5 Å². The Morgan fingerprint density at radius 1 is 1.06 bits per heavy atom. The average Bonchev–Trinajstić information content (AvgIpc) is 3.34. The fourth-order valence-electron chi connectivity index (χ4n) is 4.97. The molecule has 1 heterocycles. The quantitative estimate of drug-likeness (QED) is 0.684. The van der Waals surface area contributed by atoms with E-state index in [2.05, 4.69) is 24.3 Å². The Balaban J connectivity index is 1.48. The smallest absolute Gasteiger partial charge is 0.410 e. The fraction of sp³-hybridized carbons (Fsp3) is 0.462. The molecule has 170 valence electrons. The monoisotopic (exact) mass is 437 g/mol. The standard InChI is InChI=1S/C26H31NO5/c1-26(2,3)32-23(15-24(28)29)22-13-8-14-27(22)25(30)31-16-21-19-11-6-4-9-17(19)18-10-5-7-12-20(18)21/h4-7,9-12,21-23H,8,13-16H2,1-3H3,(H,28,29)/t22-,23?/m0/s1. The zero-order valence-electron chi connectivity index (χ0n) is 18.9. The van der Waals surface area contributed by atoms with Crippen molar-refractivity contribution in [2.24, 2.45) is 0 Å². The summed E-state index contributed by atoms with van der Waals surface area (Å²) < 4.78 is 11.9. The lowest BCUT2D eigenvalue weighted by atomic mass is 9.98. The van der Waals surface area contributed by atoms with Gasteiger partial charge >= 0.3 is 12.1 Å². The number of nitrogens with zero attached hydrogens (tertiary/aromatic N) is 1. The van der Waals surface area contributed by atoms with Crippen LogP contribution in [0.2, 0.25) is 0 Å². The second kappa shape index (κ2) is 8.94. The van der Waals surface area contributed by atoms with Gasteiger partial charge in [-0.1, -0.05) is 48.5 Å². The summed E-state index contributed by atoms with van der Waals surface area (Å²) >= 11 is 0. The zero-order valence-corrected chi connectivity index (χ0v) is 18.9. The largest absolute Gasteiger partial charge is 0.481 e. The summed E-state index contributed by atoms with van der Waals surface area (Å²) in [6.45, 7) is 6.49. The lowest BCUT2D eigenvalue weighted by molar-refractivity contribution is -0.146. The first kappa shape index (κ1) is 22.3. The van der Waals surface area contributed by atoms with E-state index in [0.717, 1.165) is 6.42 Å². The van der Waals surface area contributed by atoms with E-state index in [1.165, 1.54) is 22.3 Å². The van der Waals surface area contributed by atoms with Crippen molar-refractivity contribution in [1.29, 1.82) is 0 Å². The summed E-state index contributed by atoms with van der Waals surface area (Å²) in [5.41, 5.74) is 4.19. The van der Waals surface area contributed by atoms with E-state index in [4.69, 9.17) is 9.47 Å². The van der Waals surface area contributed by atoms with Gasteiger partial charge in [0.05, 0.1) is 24.2 Å². The van der Waals surface area contributed by atoms with Crippen molar-refractivity contribution in [3.63, 3.8) is 0 Å². The third-order valence-electron chi connectivity index (χ3n) is 6.18. The number of likely N-dealkylation sites (tertiary alicyclic amines) is 1. The molecule has 0 radical (unpaired) electrons. The first-order valence-electron chi connectivity index (χ1n) is 11.3. The van der Waals surface area contributed by atoms with Crippen LogP contribution in [-0.4, -0.2) is 53.0 Å². The van der Waals surface area contributed by atoms with E-state index < -0.39 is 23.8 Å². The molecule has 2 aromatic rings. The highest BCUT2D eigenvalue weighted by atomic mass is 16.6. The molecule has 2 aliphatic rings. The number of benzene rings is 2. The van der Waals surface area contributed by atoms with Crippen LogP contribution in [0.25, 0.3) is 11.1 Å². The molecule has 0 bridgehead atoms. The number of hydrogen-bond donors (Lipinski definition) is 1. The number of fused-ring (bicyclic) bond motifs is 3. The van der Waals surface area contributed by atoms with Crippen LogP contribution in [0.15, 0.2) is 48.5 Å². The lowest BCUT2D eigenvalue weighted by Gasteiger charge is -2.35. The van der Waals surface area contributed by atoms with Crippen LogP contribution in [-0.2, 0) is 14.3 Å². The summed E-state index contributed by atoms with van der Waals surface area (Å²) in [6, 6.07) is 16.2. The average molecular weight is 438 g/mol. The number of ether oxygens (including phenoxy) is 2. The Labute approximate surface area is 189 Å². The maximum Gasteiger partial charge on any atom is 0.410 e. The molecular formula is C26H31NO5. The van der Waals surface area contributed by atoms with E-state index in [1.807, 2.05) is 45.0 Å². The molecule has 1 fully saturated rings. The van der Waals surface area contributed by atoms with Crippen LogP contribution in [0.1, 0.15) is 57.1 Å². The predicted octanol–water partition coefficient (Wildman–Crippen LogP) is 5.06. The van der Waals surface area contributed by atoms with Gasteiger partial charge < -0.3 is 19.5 Å². The number of amides is 1. The van der Waals surface area contributed by atoms with Crippen molar-refractivity contribution in [2.45, 2.75) is 63.7 Å². The third kappa shape index (κ3) is 4.65. The van der Waals surface area contributed by atoms with Crippen LogP contribution in [0.5, 0.6) is 0 Å². The van der Waals surface area contributed by atoms with Crippen LogP contribution in [0, 0.1) is 0 Å². The first-order valence-corrected chi connectivity index (χ1v) is 11.3. The van der Waals surface area contributed by atoms with Crippen LogP contribution < -0.4 is 0 Å². The molecule has 6 heteroatoms. The number of hydrogen-bond acceptors (Lipinski definition) is 4. The topological polar surface area (TPSA) is 76.1 Å². The highest BCUT2D eigenvalue weighted by molar-refractivity contribution is 5.79. The lowest BCUT2D eigenvalue weighted by Crippen LogP contribution is -2.47. The van der Waals surface area contributed by atoms with Crippen LogP contribution in [0.4, 0.5) is 4.79 Å². The molecular weight excluding hydrogens is 406 g/mol. The molecule has 1 aliphatic heterocycles. The number of carbonyl (C=O) groups is 2. The van der Waals surface area contributed by atoms with E-state index in [1.54, 1.807) is 4.90 Å². The third-order valence-corrected chi connectivity index (χ3v) is 6.18. The van der Waals surface area contributed by atoms with Crippen molar-refractivity contribution in [3.8, 4) is 11.1 Å². The highest BCUT2D eigenvalue weighted by Crippen LogP contribution is 2.44. The van der Waals surface area contributed by atoms with Gasteiger partial charge in [-0.15, -0.1) is 0 Å². The Morgan fingerprint density at radius 2 is 1.66 bits per heavy atom. The highest BCUT2D eigenvalue weighted by Gasteiger charge is 2.39. The second-order valence-corrected chi connectivity index (χ2v) is 9.57. The van der Waals surface area contributed by atoms with Crippen LogP contribution >= 0.6 is 0 Å². The van der Waals surface area contributed by atoms with Crippen molar-refractivity contribution >= 4 is 12.1 Å². The van der Waals surface area contributed by atoms with Gasteiger partial charge in [0.1, 0.15) is 6.61 Å². The number of aliphatic carboxylic acids is 1. The maximum atomic E-state index is 13.1. The molecule has 2 atom stereocenters. The van der Waals surface area contributed by atoms with Crippen LogP contribution in [0.3, 0.4) is 0 Å². The predicted molar refractivity (Wildman–Crippen MR) is 122 cm³/mol. The van der Waals surface area contributed by atoms with E-state index in [-0.39, 0.29) is 25.0 Å². The minimum atomic E-state index is -0.932. The molecule has 0 saturated carbocycles. The first-order chi connectivity index (χ1) is 15.2. The molecule has 1 unspecified atom stereocenters. The minimum absolute atomic E-state index is 0.00644. The molecule has 2 aromatic carbocycles. The molecule has 0 spiro atoms. The SMILES string of the molecule is CC(C)(C)OC(CC(=O)O)[C@@H]1CCCN1C(=O)OCC1c2ccccc2-c2ccccc21. The second-order valence-electron chi connectivity index (χ2n) is 9.57. The summed E-state index contributed by atoms with van der Waals surface area (Å²) in [7, 11) is 0. The Hall–Kier alpha value is -2.86. The van der Waals surface area contributed by atoms with E-state index in [0.29, 0.717) is 13.0 Å². The van der Waals surface area contributed by atoms with Gasteiger partial charge in [0.15, 0.2) is 0 Å². The normalized spacial score (nSPS) is 18.8. The van der Waals surface area contributed by atoms with Gasteiger partial charge in [-0.3, -0.25) is 4.79 Å². The van der Waals surface area contributed by atoms with Crippen molar-refractivity contribution in [1.82, 2.24) is 4.90 Å². The van der Waals surface area contributed by atoms with Gasteiger partial charge in [-0.05, 0) is 55.9 Å². The molecule has 1 saturated heterocycles. The zero-order chi connectivity index (χ0) is 22.9. The number of carboxylic acids is 1. The Morgan fingerprint density at radius 3 is 2.22 bits per heavy atom. The van der Waals surface area contributed by atoms with Gasteiger partial charge in [0.25, 0.3) is 0 Å². The number of rotatable bonds is 6. The molecule has 6 nitrogen and oxygen atoms in total. The van der Waals surface area contributed by atoms with E-state index in [9.17, 15) is 14.7 Å². The summed E-state index contributed by atoms with van der Waals surface area (Å²) in [5, 5.41) is 9.38. The molecule has 32 heavy (non-hydrogen) atoms. The molecule has 0 aromatic heterocycles. The van der Waals surface area contributed by atoms with Crippen molar-refractivity contribution in [3.05, 3.63) is 59.7 Å². The van der Waals surface area contributed by atoms with Crippen molar-refractivity contribution in [2.75, 3.05) is 13.2 Å². The minimum Gasteiger partial charge on any atom is -0.481 e. The Bertz CT molecular complexity index is 950. The van der Waals surface area contributed by atoms with Gasteiger partial charge in [-0.2, -0.15) is 0 Å². The fourth-order valence-corrected chi connectivity index (χ4v) is 4.97. The summed E-state index contributed by atoms with van der Waals surface area (Å²) in [6.07, 6.45) is 0.393. The molecule has 1 aliphatic carbocycles. The van der Waals surface area contributed by atoms with Gasteiger partial charge in [0.2, 0.25) is 0 Å². The summed E-state index contributed by atoms with van der Waals surface area (Å²) in [5.74, 6) is -0.938. The van der Waals surface area contributed by atoms with Gasteiger partial charge in [-0.25, -0.2) is 4.79 Å². The van der Waals surface area contributed by atoms with E-state index >= 15 is 0 Å².